The van der Waals surface area contributed by atoms with Gasteiger partial charge in [0.15, 0.2) is 5.82 Å². The zero-order valence-corrected chi connectivity index (χ0v) is 13.6. The molecule has 6 heteroatoms. The standard InChI is InChI=1S/C17H17ClN4O/c1-12(23)21-8-6-17(10-21)11-22(16-3-2-7-19-20-16)15-5-4-13(18)9-14(15)17/h2-5,7,9H,6,8,10-11H2,1H3. The highest BCUT2D eigenvalue weighted by atomic mass is 35.5. The van der Waals surface area contributed by atoms with Gasteiger partial charge in [0, 0.05) is 48.9 Å². The van der Waals surface area contributed by atoms with Gasteiger partial charge in [-0.3, -0.25) is 4.79 Å². The number of nitrogens with zero attached hydrogens (tertiary/aromatic N) is 4. The lowest BCUT2D eigenvalue weighted by molar-refractivity contribution is -0.127. The van der Waals surface area contributed by atoms with Crippen LogP contribution in [0.3, 0.4) is 0 Å². The number of fused-ring (bicyclic) bond motifs is 2. The highest BCUT2D eigenvalue weighted by Crippen LogP contribution is 2.49. The van der Waals surface area contributed by atoms with Gasteiger partial charge in [0.2, 0.25) is 5.91 Å². The number of hydrogen-bond acceptors (Lipinski definition) is 4. The van der Waals surface area contributed by atoms with E-state index >= 15 is 0 Å². The average Bonchev–Trinajstić information content (AvgIpc) is 3.12. The molecule has 1 aromatic carbocycles. The molecule has 1 aromatic heterocycles. The molecule has 5 nitrogen and oxygen atoms in total. The Balaban J connectivity index is 1.80. The zero-order chi connectivity index (χ0) is 16.0. The maximum absolute atomic E-state index is 11.8. The molecule has 1 fully saturated rings. The summed E-state index contributed by atoms with van der Waals surface area (Å²) in [6.45, 7) is 3.94. The maximum Gasteiger partial charge on any atom is 0.219 e. The van der Waals surface area contributed by atoms with Crippen LogP contribution < -0.4 is 4.90 Å². The Morgan fingerprint density at radius 2 is 2.17 bits per heavy atom. The van der Waals surface area contributed by atoms with Crippen LogP contribution in [0.4, 0.5) is 11.5 Å². The first-order valence-corrected chi connectivity index (χ1v) is 8.08. The molecule has 2 aliphatic rings. The van der Waals surface area contributed by atoms with Crippen LogP contribution in [0.5, 0.6) is 0 Å². The van der Waals surface area contributed by atoms with Gasteiger partial charge in [-0.2, -0.15) is 5.10 Å². The fourth-order valence-electron chi connectivity index (χ4n) is 3.77. The van der Waals surface area contributed by atoms with Crippen LogP contribution in [0.1, 0.15) is 18.9 Å². The van der Waals surface area contributed by atoms with Crippen LogP contribution in [0.25, 0.3) is 0 Å². The fourth-order valence-corrected chi connectivity index (χ4v) is 3.95. The Morgan fingerprint density at radius 1 is 1.30 bits per heavy atom. The van der Waals surface area contributed by atoms with Gasteiger partial charge in [0.1, 0.15) is 0 Å². The average molecular weight is 329 g/mol. The number of benzene rings is 1. The number of anilines is 2. The lowest BCUT2D eigenvalue weighted by Gasteiger charge is -2.25. The normalized spacial score (nSPS) is 22.7. The summed E-state index contributed by atoms with van der Waals surface area (Å²) in [6.07, 6.45) is 2.61. The minimum Gasteiger partial charge on any atom is -0.342 e. The Bertz CT molecular complexity index is 766. The van der Waals surface area contributed by atoms with Gasteiger partial charge in [0.25, 0.3) is 0 Å². The first-order valence-electron chi connectivity index (χ1n) is 7.70. The second-order valence-electron chi connectivity index (χ2n) is 6.30. The largest absolute Gasteiger partial charge is 0.342 e. The third-order valence-electron chi connectivity index (χ3n) is 4.92. The lowest BCUT2D eigenvalue weighted by atomic mass is 9.81. The molecule has 0 N–H and O–H groups in total. The number of aromatic nitrogens is 2. The zero-order valence-electron chi connectivity index (χ0n) is 12.9. The third kappa shape index (κ3) is 2.27. The van der Waals surface area contributed by atoms with Crippen LogP contribution in [0.2, 0.25) is 5.02 Å². The quantitative estimate of drug-likeness (QED) is 0.807. The lowest BCUT2D eigenvalue weighted by Crippen LogP contribution is -2.36. The van der Waals surface area contributed by atoms with Crippen molar-refractivity contribution in [3.63, 3.8) is 0 Å². The van der Waals surface area contributed by atoms with Crippen LogP contribution in [0.15, 0.2) is 36.5 Å². The van der Waals surface area contributed by atoms with Crippen molar-refractivity contribution >= 4 is 29.0 Å². The van der Waals surface area contributed by atoms with Crippen molar-refractivity contribution in [2.24, 2.45) is 0 Å². The number of amides is 1. The van der Waals surface area contributed by atoms with E-state index < -0.39 is 0 Å². The summed E-state index contributed by atoms with van der Waals surface area (Å²) in [6, 6.07) is 9.83. The molecule has 1 saturated heterocycles. The Labute approximate surface area is 139 Å². The van der Waals surface area contributed by atoms with Crippen LogP contribution >= 0.6 is 11.6 Å². The highest BCUT2D eigenvalue weighted by Gasteiger charge is 2.48. The Kier molecular flexibility index (Phi) is 3.27. The Hall–Kier alpha value is -2.14. The van der Waals surface area contributed by atoms with E-state index in [0.717, 1.165) is 42.6 Å². The van der Waals surface area contributed by atoms with Crippen molar-refractivity contribution in [1.82, 2.24) is 15.1 Å². The van der Waals surface area contributed by atoms with Gasteiger partial charge < -0.3 is 9.80 Å². The predicted octanol–water partition coefficient (Wildman–Crippen LogP) is 2.77. The van der Waals surface area contributed by atoms with Gasteiger partial charge in [0.05, 0.1) is 0 Å². The van der Waals surface area contributed by atoms with E-state index in [-0.39, 0.29) is 11.3 Å². The van der Waals surface area contributed by atoms with Gasteiger partial charge in [-0.25, -0.2) is 0 Å². The molecule has 1 atom stereocenters. The monoisotopic (exact) mass is 328 g/mol. The van der Waals surface area contributed by atoms with E-state index in [1.807, 2.05) is 35.2 Å². The molecule has 0 aliphatic carbocycles. The summed E-state index contributed by atoms with van der Waals surface area (Å²) in [7, 11) is 0. The summed E-state index contributed by atoms with van der Waals surface area (Å²) in [5.41, 5.74) is 2.24. The summed E-state index contributed by atoms with van der Waals surface area (Å²) in [4.78, 5) is 15.9. The molecule has 2 aromatic rings. The van der Waals surface area contributed by atoms with Gasteiger partial charge in [-0.15, -0.1) is 5.10 Å². The predicted molar refractivity (Wildman–Crippen MR) is 89.0 cm³/mol. The molecule has 1 unspecified atom stereocenters. The number of rotatable bonds is 1. The number of halogens is 1. The van der Waals surface area contributed by atoms with Crippen molar-refractivity contribution in [3.8, 4) is 0 Å². The molecular formula is C17H17ClN4O. The summed E-state index contributed by atoms with van der Waals surface area (Å²) in [5, 5.41) is 8.98. The van der Waals surface area contributed by atoms with Crippen molar-refractivity contribution < 1.29 is 4.79 Å². The number of carbonyl (C=O) groups is 1. The molecule has 1 spiro atoms. The summed E-state index contributed by atoms with van der Waals surface area (Å²) in [5.74, 6) is 0.956. The molecule has 4 rings (SSSR count). The van der Waals surface area contributed by atoms with E-state index in [0.29, 0.717) is 0 Å². The molecule has 3 heterocycles. The van der Waals surface area contributed by atoms with E-state index in [4.69, 9.17) is 11.6 Å². The number of hydrogen-bond donors (Lipinski definition) is 0. The fraction of sp³-hybridized carbons (Fsp3) is 0.353. The van der Waals surface area contributed by atoms with Crippen molar-refractivity contribution in [3.05, 3.63) is 47.1 Å². The molecule has 0 saturated carbocycles. The van der Waals surface area contributed by atoms with E-state index in [9.17, 15) is 4.79 Å². The molecule has 118 valence electrons. The van der Waals surface area contributed by atoms with E-state index in [1.54, 1.807) is 13.1 Å². The van der Waals surface area contributed by atoms with Crippen molar-refractivity contribution in [1.29, 1.82) is 0 Å². The van der Waals surface area contributed by atoms with Crippen LogP contribution in [0, 0.1) is 0 Å². The topological polar surface area (TPSA) is 49.3 Å². The minimum absolute atomic E-state index is 0.0799. The molecular weight excluding hydrogens is 312 g/mol. The first-order chi connectivity index (χ1) is 11.1. The van der Waals surface area contributed by atoms with Crippen molar-refractivity contribution in [2.45, 2.75) is 18.8 Å². The molecule has 1 amide bonds. The SMILES string of the molecule is CC(=O)N1CCC2(C1)CN(c1cccnn1)c1ccc(Cl)cc12. The maximum atomic E-state index is 11.8. The number of likely N-dealkylation sites (tertiary alicyclic amines) is 1. The molecule has 2 aliphatic heterocycles. The Morgan fingerprint density at radius 3 is 2.87 bits per heavy atom. The number of carbonyl (C=O) groups excluding carboxylic acids is 1. The molecule has 0 radical (unpaired) electrons. The third-order valence-corrected chi connectivity index (χ3v) is 5.15. The molecule has 23 heavy (non-hydrogen) atoms. The van der Waals surface area contributed by atoms with Gasteiger partial charge in [-0.05, 0) is 42.3 Å². The van der Waals surface area contributed by atoms with Crippen LogP contribution in [-0.4, -0.2) is 40.6 Å². The summed E-state index contributed by atoms with van der Waals surface area (Å²) < 4.78 is 0. The van der Waals surface area contributed by atoms with Gasteiger partial charge >= 0.3 is 0 Å². The highest BCUT2D eigenvalue weighted by molar-refractivity contribution is 6.30. The second-order valence-corrected chi connectivity index (χ2v) is 6.74. The second kappa shape index (κ2) is 5.20. The minimum atomic E-state index is -0.0799. The van der Waals surface area contributed by atoms with Crippen LogP contribution in [-0.2, 0) is 10.2 Å². The summed E-state index contributed by atoms with van der Waals surface area (Å²) >= 11 is 6.25. The first kappa shape index (κ1) is 14.5. The van der Waals surface area contributed by atoms with E-state index in [2.05, 4.69) is 15.1 Å². The molecule has 0 bridgehead atoms. The smallest absolute Gasteiger partial charge is 0.219 e. The van der Waals surface area contributed by atoms with E-state index in [1.165, 1.54) is 5.56 Å². The van der Waals surface area contributed by atoms with Crippen molar-refractivity contribution in [2.75, 3.05) is 24.5 Å². The van der Waals surface area contributed by atoms with Gasteiger partial charge in [-0.1, -0.05) is 11.6 Å².